The highest BCUT2D eigenvalue weighted by Crippen LogP contribution is 2.35. The second-order valence-corrected chi connectivity index (χ2v) is 9.29. The maximum absolute atomic E-state index is 13.5. The first-order valence-electron chi connectivity index (χ1n) is 11.5. The van der Waals surface area contributed by atoms with Crippen LogP contribution in [-0.2, 0) is 11.2 Å². The summed E-state index contributed by atoms with van der Waals surface area (Å²) < 4.78 is 0. The van der Waals surface area contributed by atoms with Crippen LogP contribution in [0.3, 0.4) is 0 Å². The van der Waals surface area contributed by atoms with E-state index in [1.54, 1.807) is 6.20 Å². The quantitative estimate of drug-likeness (QED) is 0.728. The van der Waals surface area contributed by atoms with Gasteiger partial charge in [-0.2, -0.15) is 0 Å². The van der Waals surface area contributed by atoms with Crippen LogP contribution < -0.4 is 4.90 Å². The zero-order valence-electron chi connectivity index (χ0n) is 19.7. The molecule has 32 heavy (non-hydrogen) atoms. The van der Waals surface area contributed by atoms with Gasteiger partial charge in [-0.15, -0.1) is 0 Å². The van der Waals surface area contributed by atoms with E-state index in [-0.39, 0.29) is 17.9 Å². The van der Waals surface area contributed by atoms with Gasteiger partial charge in [0.25, 0.3) is 5.91 Å². The number of piperidine rings is 1. The second-order valence-electron chi connectivity index (χ2n) is 9.29. The van der Waals surface area contributed by atoms with Gasteiger partial charge in [0.05, 0.1) is 17.3 Å². The third kappa shape index (κ3) is 4.23. The molecular formula is C24H32N6O2. The monoisotopic (exact) mass is 436 g/mol. The van der Waals surface area contributed by atoms with Gasteiger partial charge in [0, 0.05) is 37.0 Å². The summed E-state index contributed by atoms with van der Waals surface area (Å²) in [4.78, 5) is 48.2. The number of likely N-dealkylation sites (tertiary alicyclic amines) is 1. The van der Waals surface area contributed by atoms with Crippen LogP contribution in [0.5, 0.6) is 0 Å². The molecule has 2 aliphatic heterocycles. The minimum atomic E-state index is -0.223. The van der Waals surface area contributed by atoms with Gasteiger partial charge >= 0.3 is 0 Å². The average molecular weight is 437 g/mol. The Balaban J connectivity index is 1.72. The number of aryl methyl sites for hydroxylation is 3. The molecule has 0 bridgehead atoms. The topological polar surface area (TPSA) is 92.2 Å². The smallest absolute Gasteiger partial charge is 0.257 e. The number of carbonyl (C=O) groups excluding carboxylic acids is 2. The molecule has 1 fully saturated rings. The molecule has 0 spiro atoms. The molecule has 4 rings (SSSR count). The van der Waals surface area contributed by atoms with Crippen molar-refractivity contribution in [3.05, 3.63) is 40.4 Å². The molecule has 4 heterocycles. The Morgan fingerprint density at radius 1 is 1.09 bits per heavy atom. The Bertz CT molecular complexity index is 1050. The lowest BCUT2D eigenvalue weighted by molar-refractivity contribution is -0.119. The zero-order valence-corrected chi connectivity index (χ0v) is 19.7. The molecule has 8 heteroatoms. The largest absolute Gasteiger partial charge is 0.328 e. The van der Waals surface area contributed by atoms with E-state index in [9.17, 15) is 9.59 Å². The predicted molar refractivity (Wildman–Crippen MR) is 121 cm³/mol. The molecule has 0 N–H and O–H groups in total. The van der Waals surface area contributed by atoms with E-state index >= 15 is 0 Å². The van der Waals surface area contributed by atoms with Crippen LogP contribution in [0.2, 0.25) is 0 Å². The summed E-state index contributed by atoms with van der Waals surface area (Å²) in [6.07, 6.45) is 5.52. The van der Waals surface area contributed by atoms with Crippen molar-refractivity contribution in [1.29, 1.82) is 0 Å². The molecule has 2 aliphatic rings. The summed E-state index contributed by atoms with van der Waals surface area (Å²) >= 11 is 0. The van der Waals surface area contributed by atoms with Crippen LogP contribution in [0.25, 0.3) is 0 Å². The predicted octanol–water partition coefficient (Wildman–Crippen LogP) is 3.49. The minimum Gasteiger partial charge on any atom is -0.328 e. The summed E-state index contributed by atoms with van der Waals surface area (Å²) in [7, 11) is 0. The number of nitrogens with zero attached hydrogens (tertiary/aromatic N) is 6. The molecular weight excluding hydrogens is 404 g/mol. The van der Waals surface area contributed by atoms with Crippen molar-refractivity contribution in [3.63, 3.8) is 0 Å². The molecule has 2 aromatic heterocycles. The average Bonchev–Trinajstić information content (AvgIpc) is 2.75. The number of fused-ring (bicyclic) bond motifs is 1. The number of hydrogen-bond acceptors (Lipinski definition) is 6. The molecule has 0 radical (unpaired) electrons. The molecule has 2 aromatic rings. The lowest BCUT2D eigenvalue weighted by atomic mass is 9.98. The number of amides is 2. The van der Waals surface area contributed by atoms with Crippen LogP contribution in [0, 0.1) is 26.7 Å². The van der Waals surface area contributed by atoms with Gasteiger partial charge in [0.1, 0.15) is 11.6 Å². The van der Waals surface area contributed by atoms with E-state index in [0.29, 0.717) is 54.8 Å². The summed E-state index contributed by atoms with van der Waals surface area (Å²) in [6.45, 7) is 11.1. The highest BCUT2D eigenvalue weighted by Gasteiger charge is 2.35. The van der Waals surface area contributed by atoms with E-state index in [1.165, 1.54) is 0 Å². The van der Waals surface area contributed by atoms with E-state index in [0.717, 1.165) is 36.3 Å². The Kier molecular flexibility index (Phi) is 6.22. The van der Waals surface area contributed by atoms with E-state index in [4.69, 9.17) is 9.97 Å². The van der Waals surface area contributed by atoms with Crippen molar-refractivity contribution in [3.8, 4) is 0 Å². The number of hydrogen-bond donors (Lipinski definition) is 0. The first-order chi connectivity index (χ1) is 15.3. The fourth-order valence-electron chi connectivity index (χ4n) is 4.70. The van der Waals surface area contributed by atoms with Crippen LogP contribution in [-0.4, -0.2) is 49.7 Å². The van der Waals surface area contributed by atoms with Gasteiger partial charge in [-0.25, -0.2) is 19.9 Å². The Morgan fingerprint density at radius 3 is 2.59 bits per heavy atom. The van der Waals surface area contributed by atoms with Crippen LogP contribution in [0.1, 0.15) is 84.5 Å². The van der Waals surface area contributed by atoms with Crippen molar-refractivity contribution in [2.45, 2.75) is 72.8 Å². The maximum Gasteiger partial charge on any atom is 0.257 e. The molecule has 0 aliphatic carbocycles. The number of anilines is 1. The summed E-state index contributed by atoms with van der Waals surface area (Å²) in [5.74, 6) is 2.37. The summed E-state index contributed by atoms with van der Waals surface area (Å²) in [5, 5.41) is 0. The third-order valence-electron chi connectivity index (χ3n) is 6.29. The van der Waals surface area contributed by atoms with Gasteiger partial charge in [-0.1, -0.05) is 13.8 Å². The Labute approximate surface area is 189 Å². The molecule has 1 atom stereocenters. The van der Waals surface area contributed by atoms with Crippen molar-refractivity contribution in [1.82, 2.24) is 24.8 Å². The molecule has 2 amide bonds. The third-order valence-corrected chi connectivity index (χ3v) is 6.29. The highest BCUT2D eigenvalue weighted by molar-refractivity contribution is 5.96. The van der Waals surface area contributed by atoms with E-state index in [2.05, 4.69) is 23.8 Å². The van der Waals surface area contributed by atoms with E-state index < -0.39 is 0 Å². The first-order valence-corrected chi connectivity index (χ1v) is 11.5. The standard InChI is InChI=1S/C24H32N6O2/c1-14(2)13-30-21(31)10-9-18-15(3)27-22(28-23(18)30)20-8-6-7-11-29(20)24(32)19-12-25-17(5)26-16(19)4/h12,14,20H,6-11,13H2,1-5H3/t20-/m1/s1. The van der Waals surface area contributed by atoms with Gasteiger partial charge in [-0.05, 0) is 52.4 Å². The first kappa shape index (κ1) is 22.3. The molecule has 0 unspecified atom stereocenters. The second kappa shape index (κ2) is 8.92. The Morgan fingerprint density at radius 2 is 1.88 bits per heavy atom. The molecule has 0 saturated carbocycles. The van der Waals surface area contributed by atoms with Crippen molar-refractivity contribution >= 4 is 17.6 Å². The van der Waals surface area contributed by atoms with E-state index in [1.807, 2.05) is 30.6 Å². The van der Waals surface area contributed by atoms with Crippen molar-refractivity contribution < 1.29 is 9.59 Å². The number of carbonyl (C=O) groups is 2. The molecule has 0 aromatic carbocycles. The van der Waals surface area contributed by atoms with Crippen LogP contribution >= 0.6 is 0 Å². The van der Waals surface area contributed by atoms with Crippen LogP contribution in [0.4, 0.5) is 5.82 Å². The fraction of sp³-hybridized carbons (Fsp3) is 0.583. The van der Waals surface area contributed by atoms with Crippen LogP contribution in [0.15, 0.2) is 6.20 Å². The summed E-state index contributed by atoms with van der Waals surface area (Å²) in [6, 6.07) is -0.223. The fourth-order valence-corrected chi connectivity index (χ4v) is 4.70. The van der Waals surface area contributed by atoms with Gasteiger partial charge in [0.15, 0.2) is 5.82 Å². The Hall–Kier alpha value is -2.90. The summed E-state index contributed by atoms with van der Waals surface area (Å²) in [5.41, 5.74) is 3.15. The number of rotatable bonds is 4. The minimum absolute atomic E-state index is 0.0821. The molecule has 1 saturated heterocycles. The maximum atomic E-state index is 13.5. The van der Waals surface area contributed by atoms with Crippen molar-refractivity contribution in [2.24, 2.45) is 5.92 Å². The zero-order chi connectivity index (χ0) is 23.0. The number of aromatic nitrogens is 4. The van der Waals surface area contributed by atoms with Gasteiger partial charge in [-0.3, -0.25) is 14.5 Å². The highest BCUT2D eigenvalue weighted by atomic mass is 16.2. The van der Waals surface area contributed by atoms with Crippen molar-refractivity contribution in [2.75, 3.05) is 18.0 Å². The normalized spacial score (nSPS) is 18.8. The molecule has 170 valence electrons. The lowest BCUT2D eigenvalue weighted by Crippen LogP contribution is -2.42. The SMILES string of the molecule is Cc1ncc(C(=O)N2CCCC[C@@H]2c2nc(C)c3c(n2)N(CC(C)C)C(=O)CC3)c(C)n1. The van der Waals surface area contributed by atoms with Gasteiger partial charge in [0.2, 0.25) is 5.91 Å². The molecule has 8 nitrogen and oxygen atoms in total. The lowest BCUT2D eigenvalue weighted by Gasteiger charge is -2.36. The van der Waals surface area contributed by atoms with Gasteiger partial charge < -0.3 is 4.90 Å².